The van der Waals surface area contributed by atoms with E-state index >= 15 is 0 Å². The molecule has 0 radical (unpaired) electrons. The molecule has 2 heterocycles. The lowest BCUT2D eigenvalue weighted by Gasteiger charge is -2.29. The number of aromatic nitrogens is 4. The topological polar surface area (TPSA) is 152 Å². The van der Waals surface area contributed by atoms with E-state index in [-0.39, 0.29) is 28.8 Å². The van der Waals surface area contributed by atoms with Gasteiger partial charge in [-0.15, -0.1) is 10.2 Å². The van der Waals surface area contributed by atoms with Crippen molar-refractivity contribution in [3.63, 3.8) is 0 Å². The van der Waals surface area contributed by atoms with Gasteiger partial charge in [-0.2, -0.15) is 0 Å². The minimum absolute atomic E-state index is 0.00394. The Labute approximate surface area is 281 Å². The van der Waals surface area contributed by atoms with Crippen LogP contribution in [0.25, 0.3) is 17.2 Å². The van der Waals surface area contributed by atoms with Crippen LogP contribution in [0.4, 0.5) is 10.3 Å². The quantitative estimate of drug-likeness (QED) is 0.156. The monoisotopic (exact) mass is 721 g/mol. The zero-order chi connectivity index (χ0) is 35.4. The molecule has 0 aliphatic carbocycles. The standard InChI is InChI=1S/C31H40FN5O8S2Si/c1-42-24-12-10-13-25(43-2)29(24)37-30(23-11-9-14-28(33-23)45-4)34-35-31(37)36(17-18-48(6,7)8)47(40,41)20-26(44-3)22-16-15-21(32)19-27(22)46(5,38)39/h9-16,19,26H,17-18,20H2,1-8H3. The van der Waals surface area contributed by atoms with Crippen molar-refractivity contribution in [1.29, 1.82) is 0 Å². The molecule has 2 aromatic carbocycles. The second kappa shape index (κ2) is 14.6. The third-order valence-electron chi connectivity index (χ3n) is 7.43. The van der Waals surface area contributed by atoms with Gasteiger partial charge in [-0.25, -0.2) is 30.5 Å². The third-order valence-corrected chi connectivity index (χ3v) is 12.0. The predicted molar refractivity (Wildman–Crippen MR) is 183 cm³/mol. The Kier molecular flexibility index (Phi) is 11.2. The lowest BCUT2D eigenvalue weighted by molar-refractivity contribution is 0.119. The molecule has 4 aromatic rings. The number of benzene rings is 2. The Bertz CT molecular complexity index is 1960. The smallest absolute Gasteiger partial charge is 0.246 e. The van der Waals surface area contributed by atoms with Crippen molar-refractivity contribution in [3.8, 4) is 34.6 Å². The molecular weight excluding hydrogens is 682 g/mol. The van der Waals surface area contributed by atoms with Crippen LogP contribution in [0.2, 0.25) is 25.7 Å². The number of ether oxygens (including phenoxy) is 4. The van der Waals surface area contributed by atoms with Crippen LogP contribution in [0.3, 0.4) is 0 Å². The van der Waals surface area contributed by atoms with Gasteiger partial charge in [0.2, 0.25) is 21.9 Å². The predicted octanol–water partition coefficient (Wildman–Crippen LogP) is 4.76. The van der Waals surface area contributed by atoms with Crippen molar-refractivity contribution < 1.29 is 40.2 Å². The fourth-order valence-electron chi connectivity index (χ4n) is 4.98. The van der Waals surface area contributed by atoms with E-state index in [0.29, 0.717) is 34.8 Å². The fourth-order valence-corrected chi connectivity index (χ4v) is 8.60. The Morgan fingerprint density at radius 1 is 0.896 bits per heavy atom. The van der Waals surface area contributed by atoms with E-state index in [1.54, 1.807) is 36.4 Å². The van der Waals surface area contributed by atoms with E-state index in [2.05, 4.69) is 34.8 Å². The number of para-hydroxylation sites is 1. The molecule has 0 aliphatic heterocycles. The molecule has 0 spiro atoms. The van der Waals surface area contributed by atoms with Crippen molar-refractivity contribution in [2.75, 3.05) is 51.3 Å². The molecule has 2 aromatic heterocycles. The van der Waals surface area contributed by atoms with Crippen molar-refractivity contribution in [2.24, 2.45) is 0 Å². The summed E-state index contributed by atoms with van der Waals surface area (Å²) in [5.41, 5.74) is 0.642. The first-order valence-electron chi connectivity index (χ1n) is 14.8. The van der Waals surface area contributed by atoms with Gasteiger partial charge in [-0.3, -0.25) is 4.57 Å². The van der Waals surface area contributed by atoms with Crippen LogP contribution >= 0.6 is 0 Å². The number of pyridine rings is 1. The van der Waals surface area contributed by atoms with E-state index < -0.39 is 45.6 Å². The molecule has 0 saturated carbocycles. The molecule has 1 unspecified atom stereocenters. The average Bonchev–Trinajstić information content (AvgIpc) is 3.46. The van der Waals surface area contributed by atoms with Crippen LogP contribution in [-0.4, -0.2) is 91.7 Å². The lowest BCUT2D eigenvalue weighted by Crippen LogP contribution is -2.40. The van der Waals surface area contributed by atoms with Crippen LogP contribution in [0.15, 0.2) is 59.5 Å². The number of methoxy groups -OCH3 is 4. The maximum Gasteiger partial charge on any atom is 0.246 e. The molecule has 260 valence electrons. The average molecular weight is 722 g/mol. The normalized spacial score (nSPS) is 12.9. The summed E-state index contributed by atoms with van der Waals surface area (Å²) in [5.74, 6) is -0.448. The summed E-state index contributed by atoms with van der Waals surface area (Å²) in [4.78, 5) is 4.16. The van der Waals surface area contributed by atoms with Gasteiger partial charge >= 0.3 is 0 Å². The molecule has 0 bridgehead atoms. The largest absolute Gasteiger partial charge is 0.494 e. The number of anilines is 1. The number of sulfonamides is 1. The second-order valence-corrected chi connectivity index (χ2v) is 21.6. The molecule has 17 heteroatoms. The zero-order valence-corrected chi connectivity index (χ0v) is 30.7. The van der Waals surface area contributed by atoms with Gasteiger partial charge in [0.05, 0.1) is 38.1 Å². The Hall–Kier alpha value is -4.06. The highest BCUT2D eigenvalue weighted by Crippen LogP contribution is 2.39. The number of sulfone groups is 1. The molecule has 0 fully saturated rings. The van der Waals surface area contributed by atoms with Gasteiger partial charge in [0, 0.05) is 39.6 Å². The number of hydrogen-bond donors (Lipinski definition) is 0. The highest BCUT2D eigenvalue weighted by Gasteiger charge is 2.36. The van der Waals surface area contributed by atoms with E-state index in [1.807, 2.05) is 0 Å². The molecular formula is C31H40FN5O8S2Si. The van der Waals surface area contributed by atoms with E-state index in [0.717, 1.165) is 22.7 Å². The first-order chi connectivity index (χ1) is 22.5. The molecule has 4 rings (SSSR count). The van der Waals surface area contributed by atoms with E-state index in [9.17, 15) is 21.2 Å². The van der Waals surface area contributed by atoms with Crippen LogP contribution in [0.1, 0.15) is 11.7 Å². The number of halogens is 1. The lowest BCUT2D eigenvalue weighted by atomic mass is 10.1. The van der Waals surface area contributed by atoms with Gasteiger partial charge in [0.1, 0.15) is 28.7 Å². The maximum atomic E-state index is 14.6. The van der Waals surface area contributed by atoms with Gasteiger partial charge in [-0.1, -0.05) is 37.8 Å². The summed E-state index contributed by atoms with van der Waals surface area (Å²) in [6, 6.07) is 13.8. The summed E-state index contributed by atoms with van der Waals surface area (Å²) < 4.78 is 93.6. The van der Waals surface area contributed by atoms with Crippen LogP contribution < -0.4 is 18.5 Å². The highest BCUT2D eigenvalue weighted by molar-refractivity contribution is 7.92. The van der Waals surface area contributed by atoms with Gasteiger partial charge in [0.15, 0.2) is 15.7 Å². The van der Waals surface area contributed by atoms with Crippen LogP contribution in [0.5, 0.6) is 17.4 Å². The fraction of sp³-hybridized carbons (Fsp3) is 0.387. The van der Waals surface area contributed by atoms with Crippen molar-refractivity contribution in [3.05, 3.63) is 66.0 Å². The van der Waals surface area contributed by atoms with Crippen molar-refractivity contribution >= 4 is 33.9 Å². The molecule has 0 saturated heterocycles. The van der Waals surface area contributed by atoms with Gasteiger partial charge in [0.25, 0.3) is 0 Å². The molecule has 0 N–H and O–H groups in total. The zero-order valence-electron chi connectivity index (χ0n) is 28.1. The van der Waals surface area contributed by atoms with Gasteiger partial charge < -0.3 is 18.9 Å². The summed E-state index contributed by atoms with van der Waals surface area (Å²) in [6.07, 6.45) is -0.365. The summed E-state index contributed by atoms with van der Waals surface area (Å²) in [6.45, 7) is 6.32. The molecule has 0 aliphatic rings. The first-order valence-corrected chi connectivity index (χ1v) is 22.0. The van der Waals surface area contributed by atoms with E-state index in [4.69, 9.17) is 18.9 Å². The minimum atomic E-state index is -4.39. The minimum Gasteiger partial charge on any atom is -0.494 e. The van der Waals surface area contributed by atoms with Crippen LogP contribution in [-0.2, 0) is 24.6 Å². The van der Waals surface area contributed by atoms with Crippen LogP contribution in [0, 0.1) is 5.82 Å². The summed E-state index contributed by atoms with van der Waals surface area (Å²) in [7, 11) is -4.55. The van der Waals surface area contributed by atoms with Crippen molar-refractivity contribution in [2.45, 2.75) is 36.7 Å². The number of hydrogen-bond acceptors (Lipinski definition) is 11. The number of nitrogens with zero attached hydrogens (tertiary/aromatic N) is 5. The SMILES string of the molecule is COc1cccc(-c2nnc(N(CC[Si](C)(C)C)S(=O)(=O)CC(OC)c3ccc(F)cc3S(C)(=O)=O)n2-c2c(OC)cccc2OC)n1. The van der Waals surface area contributed by atoms with Crippen molar-refractivity contribution in [1.82, 2.24) is 19.7 Å². The maximum absolute atomic E-state index is 14.6. The van der Waals surface area contributed by atoms with Gasteiger partial charge in [-0.05, 0) is 36.4 Å². The third kappa shape index (κ3) is 8.14. The molecule has 0 amide bonds. The molecule has 1 atom stereocenters. The van der Waals surface area contributed by atoms with E-state index in [1.165, 1.54) is 39.1 Å². The Morgan fingerprint density at radius 3 is 2.10 bits per heavy atom. The Morgan fingerprint density at radius 2 is 1.54 bits per heavy atom. The highest BCUT2D eigenvalue weighted by atomic mass is 32.2. The molecule has 48 heavy (non-hydrogen) atoms. The summed E-state index contributed by atoms with van der Waals surface area (Å²) in [5, 5.41) is 8.83. The summed E-state index contributed by atoms with van der Waals surface area (Å²) >= 11 is 0. The Balaban J connectivity index is 2.00. The first kappa shape index (κ1) is 36.8. The second-order valence-electron chi connectivity index (χ2n) is 12.1. The molecule has 13 nitrogen and oxygen atoms in total. The number of rotatable bonds is 15.